The molecule has 0 aromatic carbocycles. The standard InChI is InChI=1S/C12H8N3O/c16-8-3-4-11(14-6-8)10-7-15-12-9(10)2-1-5-13-12/h1-3,5-7,16H,(H,13,15). The number of fused-ring (bicyclic) bond motifs is 1. The van der Waals surface area contributed by atoms with Crippen molar-refractivity contribution in [3.05, 3.63) is 42.9 Å². The van der Waals surface area contributed by atoms with E-state index in [9.17, 15) is 0 Å². The van der Waals surface area contributed by atoms with E-state index in [1.165, 1.54) is 12.3 Å². The lowest BCUT2D eigenvalue weighted by Gasteiger charge is -1.97. The highest BCUT2D eigenvalue weighted by atomic mass is 16.3. The Morgan fingerprint density at radius 1 is 1.31 bits per heavy atom. The average molecular weight is 210 g/mol. The maximum atomic E-state index is 9.15. The Kier molecular flexibility index (Phi) is 1.86. The molecule has 0 bridgehead atoms. The summed E-state index contributed by atoms with van der Waals surface area (Å²) in [4.78, 5) is 11.4. The molecule has 0 saturated heterocycles. The summed E-state index contributed by atoms with van der Waals surface area (Å²) >= 11 is 0. The molecule has 0 aliphatic carbocycles. The van der Waals surface area contributed by atoms with E-state index in [2.05, 4.69) is 21.0 Å². The molecule has 3 aromatic rings. The van der Waals surface area contributed by atoms with Crippen molar-refractivity contribution in [3.8, 4) is 17.0 Å². The Labute approximate surface area is 91.6 Å². The summed E-state index contributed by atoms with van der Waals surface area (Å²) in [5, 5.41) is 10.2. The van der Waals surface area contributed by atoms with E-state index in [0.717, 1.165) is 16.6 Å². The van der Waals surface area contributed by atoms with Gasteiger partial charge in [0, 0.05) is 29.4 Å². The number of nitrogens with zero attached hydrogens (tertiary/aromatic N) is 2. The number of aromatic amines is 1. The molecule has 0 unspecified atom stereocenters. The third-order valence-electron chi connectivity index (χ3n) is 2.39. The van der Waals surface area contributed by atoms with Gasteiger partial charge in [0.15, 0.2) is 0 Å². The van der Waals surface area contributed by atoms with E-state index in [0.29, 0.717) is 5.69 Å². The van der Waals surface area contributed by atoms with Crippen LogP contribution in [-0.2, 0) is 0 Å². The van der Waals surface area contributed by atoms with Crippen molar-refractivity contribution in [1.82, 2.24) is 15.0 Å². The van der Waals surface area contributed by atoms with Gasteiger partial charge in [-0.2, -0.15) is 0 Å². The van der Waals surface area contributed by atoms with Crippen LogP contribution in [0.3, 0.4) is 0 Å². The maximum Gasteiger partial charge on any atom is 0.137 e. The molecule has 3 rings (SSSR count). The Hall–Kier alpha value is -2.36. The quantitative estimate of drug-likeness (QED) is 0.646. The predicted octanol–water partition coefficient (Wildman–Crippen LogP) is 2.13. The largest absolute Gasteiger partial charge is 0.506 e. The van der Waals surface area contributed by atoms with Crippen LogP contribution in [0, 0.1) is 6.07 Å². The van der Waals surface area contributed by atoms with Crippen molar-refractivity contribution in [2.75, 3.05) is 0 Å². The van der Waals surface area contributed by atoms with E-state index in [1.807, 2.05) is 18.3 Å². The highest BCUT2D eigenvalue weighted by Crippen LogP contribution is 2.25. The van der Waals surface area contributed by atoms with Crippen LogP contribution >= 0.6 is 0 Å². The van der Waals surface area contributed by atoms with Crippen molar-refractivity contribution in [1.29, 1.82) is 0 Å². The summed E-state index contributed by atoms with van der Waals surface area (Å²) in [7, 11) is 0. The molecule has 0 fully saturated rings. The van der Waals surface area contributed by atoms with Crippen molar-refractivity contribution < 1.29 is 5.11 Å². The number of aromatic nitrogens is 3. The zero-order valence-electron chi connectivity index (χ0n) is 8.31. The van der Waals surface area contributed by atoms with Crippen molar-refractivity contribution in [2.24, 2.45) is 0 Å². The van der Waals surface area contributed by atoms with Gasteiger partial charge in [0.25, 0.3) is 0 Å². The fourth-order valence-corrected chi connectivity index (χ4v) is 1.65. The van der Waals surface area contributed by atoms with Crippen LogP contribution in [-0.4, -0.2) is 20.1 Å². The third-order valence-corrected chi connectivity index (χ3v) is 2.39. The molecule has 0 spiro atoms. The molecular formula is C12H8N3O. The summed E-state index contributed by atoms with van der Waals surface area (Å²) < 4.78 is 0. The first kappa shape index (κ1) is 8.91. The zero-order valence-corrected chi connectivity index (χ0v) is 8.31. The molecular weight excluding hydrogens is 202 g/mol. The highest BCUT2D eigenvalue weighted by molar-refractivity contribution is 5.92. The lowest BCUT2D eigenvalue weighted by atomic mass is 10.1. The second-order valence-corrected chi connectivity index (χ2v) is 3.42. The van der Waals surface area contributed by atoms with Gasteiger partial charge in [-0.15, -0.1) is 0 Å². The van der Waals surface area contributed by atoms with E-state index in [1.54, 1.807) is 6.20 Å². The van der Waals surface area contributed by atoms with E-state index in [4.69, 9.17) is 5.11 Å². The van der Waals surface area contributed by atoms with Gasteiger partial charge in [0.05, 0.1) is 11.9 Å². The topological polar surface area (TPSA) is 61.8 Å². The maximum absolute atomic E-state index is 9.15. The zero-order chi connectivity index (χ0) is 11.0. The number of rotatable bonds is 1. The highest BCUT2D eigenvalue weighted by Gasteiger charge is 2.07. The van der Waals surface area contributed by atoms with E-state index in [-0.39, 0.29) is 5.75 Å². The number of aromatic hydroxyl groups is 1. The number of pyridine rings is 2. The normalized spacial score (nSPS) is 10.8. The average Bonchev–Trinajstić information content (AvgIpc) is 2.74. The Balaban J connectivity index is 2.22. The molecule has 4 nitrogen and oxygen atoms in total. The lowest BCUT2D eigenvalue weighted by molar-refractivity contribution is 0.472. The minimum absolute atomic E-state index is 0.113. The minimum Gasteiger partial charge on any atom is -0.506 e. The summed E-state index contributed by atoms with van der Waals surface area (Å²) in [6.07, 6.45) is 4.98. The SMILES string of the molecule is Oc1c[c]c(-c2c[nH]c3ncccc23)nc1. The van der Waals surface area contributed by atoms with Gasteiger partial charge < -0.3 is 10.1 Å². The lowest BCUT2D eigenvalue weighted by Crippen LogP contribution is -1.81. The van der Waals surface area contributed by atoms with Crippen LogP contribution < -0.4 is 0 Å². The van der Waals surface area contributed by atoms with Crippen LogP contribution in [0.4, 0.5) is 0 Å². The molecule has 1 radical (unpaired) electrons. The molecule has 0 aliphatic heterocycles. The first-order valence-corrected chi connectivity index (χ1v) is 4.84. The fourth-order valence-electron chi connectivity index (χ4n) is 1.65. The third kappa shape index (κ3) is 1.32. The summed E-state index contributed by atoms with van der Waals surface area (Å²) in [5.41, 5.74) is 2.45. The Morgan fingerprint density at radius 2 is 2.25 bits per heavy atom. The Morgan fingerprint density at radius 3 is 3.06 bits per heavy atom. The second-order valence-electron chi connectivity index (χ2n) is 3.42. The van der Waals surface area contributed by atoms with Crippen molar-refractivity contribution in [3.63, 3.8) is 0 Å². The second kappa shape index (κ2) is 3.34. The molecule has 4 heteroatoms. The molecule has 0 aliphatic rings. The smallest absolute Gasteiger partial charge is 0.137 e. The van der Waals surface area contributed by atoms with Gasteiger partial charge in [-0.3, -0.25) is 4.98 Å². The van der Waals surface area contributed by atoms with Crippen LogP contribution in [0.2, 0.25) is 0 Å². The van der Waals surface area contributed by atoms with Gasteiger partial charge in [-0.25, -0.2) is 4.98 Å². The minimum atomic E-state index is 0.113. The monoisotopic (exact) mass is 210 g/mol. The van der Waals surface area contributed by atoms with Crippen LogP contribution in [0.25, 0.3) is 22.3 Å². The van der Waals surface area contributed by atoms with Gasteiger partial charge in [-0.05, 0) is 18.2 Å². The predicted molar refractivity (Wildman–Crippen MR) is 59.8 cm³/mol. The fraction of sp³-hybridized carbons (Fsp3) is 0. The Bertz CT molecular complexity index is 628. The van der Waals surface area contributed by atoms with Gasteiger partial charge in [-0.1, -0.05) is 0 Å². The van der Waals surface area contributed by atoms with Crippen molar-refractivity contribution in [2.45, 2.75) is 0 Å². The molecule has 0 atom stereocenters. The van der Waals surface area contributed by atoms with Gasteiger partial charge in [0.1, 0.15) is 11.4 Å². The first-order chi connectivity index (χ1) is 7.84. The number of H-pyrrole nitrogens is 1. The van der Waals surface area contributed by atoms with Crippen LogP contribution in [0.1, 0.15) is 0 Å². The number of nitrogens with one attached hydrogen (secondary N) is 1. The first-order valence-electron chi connectivity index (χ1n) is 4.84. The van der Waals surface area contributed by atoms with Crippen molar-refractivity contribution >= 4 is 11.0 Å². The van der Waals surface area contributed by atoms with Gasteiger partial charge >= 0.3 is 0 Å². The van der Waals surface area contributed by atoms with Crippen LogP contribution in [0.5, 0.6) is 5.75 Å². The van der Waals surface area contributed by atoms with Crippen LogP contribution in [0.15, 0.2) is 36.8 Å². The molecule has 0 amide bonds. The molecule has 77 valence electrons. The molecule has 0 saturated carbocycles. The van der Waals surface area contributed by atoms with E-state index < -0.39 is 0 Å². The summed E-state index contributed by atoms with van der Waals surface area (Å²) in [6, 6.07) is 8.26. The summed E-state index contributed by atoms with van der Waals surface area (Å²) in [5.74, 6) is 0.113. The number of hydrogen-bond acceptors (Lipinski definition) is 3. The van der Waals surface area contributed by atoms with Gasteiger partial charge in [0.2, 0.25) is 0 Å². The molecule has 3 heterocycles. The van der Waals surface area contributed by atoms with E-state index >= 15 is 0 Å². The molecule has 16 heavy (non-hydrogen) atoms. The molecule has 2 N–H and O–H groups in total. The molecule has 3 aromatic heterocycles. The number of hydrogen-bond donors (Lipinski definition) is 2. The summed E-state index contributed by atoms with van der Waals surface area (Å²) in [6.45, 7) is 0.